The van der Waals surface area contributed by atoms with Gasteiger partial charge in [0.1, 0.15) is 0 Å². The van der Waals surface area contributed by atoms with E-state index in [1.54, 1.807) is 0 Å². The van der Waals surface area contributed by atoms with Crippen LogP contribution in [0.15, 0.2) is 24.3 Å². The first-order valence-corrected chi connectivity index (χ1v) is 8.05. The van der Waals surface area contributed by atoms with Crippen LogP contribution in [0.2, 0.25) is 5.02 Å². The first-order valence-electron chi connectivity index (χ1n) is 7.67. The van der Waals surface area contributed by atoms with Crippen LogP contribution in [0, 0.1) is 0 Å². The van der Waals surface area contributed by atoms with Gasteiger partial charge in [-0.2, -0.15) is 0 Å². The van der Waals surface area contributed by atoms with Gasteiger partial charge in [0.25, 0.3) is 0 Å². The maximum atomic E-state index is 6.09. The average molecular weight is 298 g/mol. The molecule has 1 N–H and O–H groups in total. The van der Waals surface area contributed by atoms with Crippen molar-refractivity contribution in [2.45, 2.75) is 58.6 Å². The minimum absolute atomic E-state index is 0.147. The number of rotatable bonds is 9. The van der Waals surface area contributed by atoms with E-state index >= 15 is 0 Å². The third-order valence-electron chi connectivity index (χ3n) is 3.88. The van der Waals surface area contributed by atoms with Crippen molar-refractivity contribution in [2.75, 3.05) is 13.2 Å². The number of hydrogen-bond donors (Lipinski definition) is 1. The summed E-state index contributed by atoms with van der Waals surface area (Å²) >= 11 is 6.09. The zero-order chi connectivity index (χ0) is 15.0. The van der Waals surface area contributed by atoms with Crippen molar-refractivity contribution >= 4 is 11.6 Å². The Morgan fingerprint density at radius 2 is 2.05 bits per heavy atom. The van der Waals surface area contributed by atoms with Crippen LogP contribution in [0.25, 0.3) is 0 Å². The van der Waals surface area contributed by atoms with E-state index < -0.39 is 0 Å². The smallest absolute Gasteiger partial charge is 0.0807 e. The number of nitrogens with one attached hydrogen (secondary N) is 1. The Labute approximate surface area is 128 Å². The Balaban J connectivity index is 2.87. The van der Waals surface area contributed by atoms with Gasteiger partial charge >= 0.3 is 0 Å². The molecule has 0 fully saturated rings. The Morgan fingerprint density at radius 3 is 2.60 bits per heavy atom. The molecule has 0 aliphatic rings. The first-order chi connectivity index (χ1) is 9.55. The van der Waals surface area contributed by atoms with E-state index in [2.05, 4.69) is 39.1 Å². The Kier molecular flexibility index (Phi) is 7.57. The van der Waals surface area contributed by atoms with Crippen molar-refractivity contribution in [1.29, 1.82) is 0 Å². The van der Waals surface area contributed by atoms with Gasteiger partial charge < -0.3 is 10.1 Å². The van der Waals surface area contributed by atoms with Crippen LogP contribution in [0.1, 0.15) is 46.1 Å². The highest BCUT2D eigenvalue weighted by Crippen LogP contribution is 2.24. The maximum Gasteiger partial charge on any atom is 0.0807 e. The molecule has 0 aromatic heterocycles. The van der Waals surface area contributed by atoms with Gasteiger partial charge in [0.05, 0.1) is 5.60 Å². The van der Waals surface area contributed by atoms with E-state index in [1.807, 2.05) is 18.2 Å². The molecule has 20 heavy (non-hydrogen) atoms. The predicted molar refractivity (Wildman–Crippen MR) is 87.6 cm³/mol. The number of halogens is 1. The number of hydrogen-bond acceptors (Lipinski definition) is 2. The monoisotopic (exact) mass is 297 g/mol. The predicted octanol–water partition coefficient (Wildman–Crippen LogP) is 4.46. The second kappa shape index (κ2) is 8.66. The fourth-order valence-electron chi connectivity index (χ4n) is 2.50. The van der Waals surface area contributed by atoms with Crippen LogP contribution in [0.3, 0.4) is 0 Å². The second-order valence-corrected chi connectivity index (χ2v) is 5.88. The zero-order valence-corrected chi connectivity index (χ0v) is 14.0. The summed E-state index contributed by atoms with van der Waals surface area (Å²) in [7, 11) is 0. The molecular weight excluding hydrogens is 270 g/mol. The molecule has 0 heterocycles. The molecule has 0 radical (unpaired) electrons. The summed E-state index contributed by atoms with van der Waals surface area (Å²) in [4.78, 5) is 0. The minimum atomic E-state index is -0.147. The third-order valence-corrected chi connectivity index (χ3v) is 4.12. The SMILES string of the molecule is CCCNC(Cc1cccc(Cl)c1)C(C)(CC)OCC. The summed E-state index contributed by atoms with van der Waals surface area (Å²) in [6.07, 6.45) is 3.05. The van der Waals surface area contributed by atoms with Gasteiger partial charge in [0.2, 0.25) is 0 Å². The average Bonchev–Trinajstić information content (AvgIpc) is 2.43. The molecule has 0 spiro atoms. The lowest BCUT2D eigenvalue weighted by atomic mass is 9.88. The highest BCUT2D eigenvalue weighted by Gasteiger charge is 2.32. The highest BCUT2D eigenvalue weighted by molar-refractivity contribution is 6.30. The molecule has 114 valence electrons. The van der Waals surface area contributed by atoms with Crippen molar-refractivity contribution in [3.63, 3.8) is 0 Å². The minimum Gasteiger partial charge on any atom is -0.374 e. The summed E-state index contributed by atoms with van der Waals surface area (Å²) < 4.78 is 6.04. The van der Waals surface area contributed by atoms with E-state index in [0.29, 0.717) is 6.04 Å². The molecule has 1 aromatic carbocycles. The first kappa shape index (κ1) is 17.5. The van der Waals surface area contributed by atoms with Gasteiger partial charge in [0.15, 0.2) is 0 Å². The van der Waals surface area contributed by atoms with Gasteiger partial charge in [-0.25, -0.2) is 0 Å². The largest absolute Gasteiger partial charge is 0.374 e. The fraction of sp³-hybridized carbons (Fsp3) is 0.647. The maximum absolute atomic E-state index is 6.09. The van der Waals surface area contributed by atoms with Crippen LogP contribution in [-0.2, 0) is 11.2 Å². The molecule has 0 amide bonds. The number of ether oxygens (including phenoxy) is 1. The number of benzene rings is 1. The van der Waals surface area contributed by atoms with E-state index in [9.17, 15) is 0 Å². The lowest BCUT2D eigenvalue weighted by molar-refractivity contribution is -0.0549. The van der Waals surface area contributed by atoms with Gasteiger partial charge in [-0.3, -0.25) is 0 Å². The molecule has 1 aromatic rings. The lowest BCUT2D eigenvalue weighted by Gasteiger charge is -2.37. The molecule has 1 rings (SSSR count). The topological polar surface area (TPSA) is 21.3 Å². The van der Waals surface area contributed by atoms with Gasteiger partial charge in [0, 0.05) is 17.7 Å². The highest BCUT2D eigenvalue weighted by atomic mass is 35.5. The Morgan fingerprint density at radius 1 is 1.30 bits per heavy atom. The molecule has 2 unspecified atom stereocenters. The summed E-state index contributed by atoms with van der Waals surface area (Å²) in [6.45, 7) is 10.4. The quantitative estimate of drug-likeness (QED) is 0.727. The second-order valence-electron chi connectivity index (χ2n) is 5.44. The molecule has 0 bridgehead atoms. The normalized spacial score (nSPS) is 15.8. The van der Waals surface area contributed by atoms with Crippen molar-refractivity contribution in [1.82, 2.24) is 5.32 Å². The van der Waals surface area contributed by atoms with E-state index in [1.165, 1.54) is 5.56 Å². The lowest BCUT2D eigenvalue weighted by Crippen LogP contribution is -2.51. The Hall–Kier alpha value is -0.570. The molecule has 0 aliphatic carbocycles. The fourth-order valence-corrected chi connectivity index (χ4v) is 2.71. The van der Waals surface area contributed by atoms with Crippen molar-refractivity contribution < 1.29 is 4.74 Å². The van der Waals surface area contributed by atoms with Crippen LogP contribution in [0.5, 0.6) is 0 Å². The Bertz CT molecular complexity index is 396. The van der Waals surface area contributed by atoms with Crippen LogP contribution in [0.4, 0.5) is 0 Å². The van der Waals surface area contributed by atoms with Gasteiger partial charge in [-0.05, 0) is 57.4 Å². The van der Waals surface area contributed by atoms with E-state index in [-0.39, 0.29) is 5.60 Å². The van der Waals surface area contributed by atoms with E-state index in [4.69, 9.17) is 16.3 Å². The van der Waals surface area contributed by atoms with E-state index in [0.717, 1.165) is 37.4 Å². The zero-order valence-electron chi connectivity index (χ0n) is 13.2. The van der Waals surface area contributed by atoms with Crippen LogP contribution in [-0.4, -0.2) is 24.8 Å². The molecule has 3 heteroatoms. The molecule has 0 aliphatic heterocycles. The summed E-state index contributed by atoms with van der Waals surface area (Å²) in [6, 6.07) is 8.41. The molecular formula is C17H28ClNO. The van der Waals surface area contributed by atoms with Crippen molar-refractivity contribution in [3.05, 3.63) is 34.9 Å². The van der Waals surface area contributed by atoms with Crippen molar-refractivity contribution in [2.24, 2.45) is 0 Å². The van der Waals surface area contributed by atoms with Crippen LogP contribution >= 0.6 is 11.6 Å². The third kappa shape index (κ3) is 5.08. The molecule has 2 nitrogen and oxygen atoms in total. The van der Waals surface area contributed by atoms with Gasteiger partial charge in [-0.1, -0.05) is 37.6 Å². The molecule has 0 saturated carbocycles. The summed E-state index contributed by atoms with van der Waals surface area (Å²) in [5.41, 5.74) is 1.11. The molecule has 2 atom stereocenters. The summed E-state index contributed by atoms with van der Waals surface area (Å²) in [5.74, 6) is 0. The summed E-state index contributed by atoms with van der Waals surface area (Å²) in [5, 5.41) is 4.44. The van der Waals surface area contributed by atoms with Crippen molar-refractivity contribution in [3.8, 4) is 0 Å². The van der Waals surface area contributed by atoms with Crippen LogP contribution < -0.4 is 5.32 Å². The standard InChI is InChI=1S/C17H28ClNO/c1-5-11-19-16(17(4,6-2)20-7-3)13-14-9-8-10-15(18)12-14/h8-10,12,16,19H,5-7,11,13H2,1-4H3. The molecule has 0 saturated heterocycles. The van der Waals surface area contributed by atoms with Gasteiger partial charge in [-0.15, -0.1) is 0 Å².